The Morgan fingerprint density at radius 3 is 2.46 bits per heavy atom. The van der Waals surface area contributed by atoms with Crippen LogP contribution in [0.25, 0.3) is 11.0 Å². The van der Waals surface area contributed by atoms with Gasteiger partial charge in [0.05, 0.1) is 37.4 Å². The standard InChI is InChI=1S/C20H23N3O3/c1-5-19-22-15-11-13(9-10-16(15)23(19)2)20(24)21-12-14-17(25-3)7-6-8-18(14)26-4/h6-11H,5,12H2,1-4H3,(H,21,24). The van der Waals surface area contributed by atoms with Crippen molar-refractivity contribution in [2.24, 2.45) is 7.05 Å². The molecule has 0 spiro atoms. The molecule has 1 N–H and O–H groups in total. The minimum atomic E-state index is -0.163. The van der Waals surface area contributed by atoms with Crippen molar-refractivity contribution in [2.75, 3.05) is 14.2 Å². The van der Waals surface area contributed by atoms with E-state index in [9.17, 15) is 4.79 Å². The number of hydrogen-bond donors (Lipinski definition) is 1. The molecule has 0 radical (unpaired) electrons. The third kappa shape index (κ3) is 3.22. The van der Waals surface area contributed by atoms with Gasteiger partial charge in [-0.05, 0) is 30.3 Å². The van der Waals surface area contributed by atoms with Gasteiger partial charge < -0.3 is 19.4 Å². The molecule has 0 unspecified atom stereocenters. The van der Waals surface area contributed by atoms with E-state index in [1.165, 1.54) is 0 Å². The Kier molecular flexibility index (Phi) is 5.11. The largest absolute Gasteiger partial charge is 0.496 e. The van der Waals surface area contributed by atoms with Gasteiger partial charge in [-0.3, -0.25) is 4.79 Å². The molecule has 2 aromatic carbocycles. The first-order valence-electron chi connectivity index (χ1n) is 8.52. The molecule has 0 atom stereocenters. The van der Waals surface area contributed by atoms with Gasteiger partial charge in [-0.1, -0.05) is 13.0 Å². The van der Waals surface area contributed by atoms with Crippen LogP contribution in [-0.2, 0) is 20.0 Å². The molecular formula is C20H23N3O3. The van der Waals surface area contributed by atoms with Crippen molar-refractivity contribution < 1.29 is 14.3 Å². The summed E-state index contributed by atoms with van der Waals surface area (Å²) in [5.41, 5.74) is 3.22. The second-order valence-corrected chi connectivity index (χ2v) is 5.97. The van der Waals surface area contributed by atoms with Gasteiger partial charge in [-0.2, -0.15) is 0 Å². The predicted octanol–water partition coefficient (Wildman–Crippen LogP) is 3.08. The van der Waals surface area contributed by atoms with Crippen molar-refractivity contribution in [3.05, 3.63) is 53.3 Å². The van der Waals surface area contributed by atoms with Crippen LogP contribution < -0.4 is 14.8 Å². The Morgan fingerprint density at radius 1 is 1.15 bits per heavy atom. The molecule has 6 nitrogen and oxygen atoms in total. The zero-order chi connectivity index (χ0) is 18.7. The summed E-state index contributed by atoms with van der Waals surface area (Å²) < 4.78 is 12.8. The topological polar surface area (TPSA) is 65.4 Å². The fraction of sp³-hybridized carbons (Fsp3) is 0.300. The Balaban J connectivity index is 1.82. The summed E-state index contributed by atoms with van der Waals surface area (Å²) in [7, 11) is 5.18. The fourth-order valence-corrected chi connectivity index (χ4v) is 3.08. The van der Waals surface area contributed by atoms with Crippen LogP contribution in [0, 0.1) is 0 Å². The van der Waals surface area contributed by atoms with E-state index in [0.717, 1.165) is 28.8 Å². The molecule has 3 aromatic rings. The molecule has 26 heavy (non-hydrogen) atoms. The molecule has 0 saturated heterocycles. The van der Waals surface area contributed by atoms with Gasteiger partial charge in [0.15, 0.2) is 0 Å². The van der Waals surface area contributed by atoms with Gasteiger partial charge in [-0.15, -0.1) is 0 Å². The van der Waals surface area contributed by atoms with E-state index in [2.05, 4.69) is 21.8 Å². The van der Waals surface area contributed by atoms with Crippen LogP contribution in [0.15, 0.2) is 36.4 Å². The zero-order valence-corrected chi connectivity index (χ0v) is 15.5. The maximum Gasteiger partial charge on any atom is 0.251 e. The first-order chi connectivity index (χ1) is 12.6. The summed E-state index contributed by atoms with van der Waals surface area (Å²) in [6.45, 7) is 2.38. The number of fused-ring (bicyclic) bond motifs is 1. The highest BCUT2D eigenvalue weighted by Crippen LogP contribution is 2.28. The molecule has 0 fully saturated rings. The Bertz CT molecular complexity index is 925. The lowest BCUT2D eigenvalue weighted by Crippen LogP contribution is -2.23. The summed E-state index contributed by atoms with van der Waals surface area (Å²) in [6.07, 6.45) is 0.848. The van der Waals surface area contributed by atoms with Crippen molar-refractivity contribution in [3.8, 4) is 11.5 Å². The molecule has 3 rings (SSSR count). The van der Waals surface area contributed by atoms with E-state index in [4.69, 9.17) is 9.47 Å². The number of benzene rings is 2. The number of methoxy groups -OCH3 is 2. The second-order valence-electron chi connectivity index (χ2n) is 5.97. The van der Waals surface area contributed by atoms with E-state index >= 15 is 0 Å². The van der Waals surface area contributed by atoms with Crippen LogP contribution in [0.5, 0.6) is 11.5 Å². The minimum Gasteiger partial charge on any atom is -0.496 e. The van der Waals surface area contributed by atoms with Gasteiger partial charge in [0, 0.05) is 19.0 Å². The normalized spacial score (nSPS) is 10.8. The third-order valence-corrected chi connectivity index (χ3v) is 4.51. The highest BCUT2D eigenvalue weighted by atomic mass is 16.5. The number of nitrogens with one attached hydrogen (secondary N) is 1. The molecule has 0 aliphatic rings. The molecule has 6 heteroatoms. The number of carbonyl (C=O) groups is 1. The van der Waals surface area contributed by atoms with Crippen LogP contribution in [0.4, 0.5) is 0 Å². The van der Waals surface area contributed by atoms with Gasteiger partial charge in [0.25, 0.3) is 5.91 Å². The number of rotatable bonds is 6. The van der Waals surface area contributed by atoms with Crippen molar-refractivity contribution in [1.82, 2.24) is 14.9 Å². The first-order valence-corrected chi connectivity index (χ1v) is 8.52. The number of hydrogen-bond acceptors (Lipinski definition) is 4. The van der Waals surface area contributed by atoms with E-state index in [1.54, 1.807) is 14.2 Å². The van der Waals surface area contributed by atoms with Crippen LogP contribution in [0.3, 0.4) is 0 Å². The summed E-state index contributed by atoms with van der Waals surface area (Å²) in [4.78, 5) is 17.2. The van der Waals surface area contributed by atoms with E-state index in [-0.39, 0.29) is 5.91 Å². The number of aryl methyl sites for hydroxylation is 2. The summed E-state index contributed by atoms with van der Waals surface area (Å²) in [6, 6.07) is 11.1. The monoisotopic (exact) mass is 353 g/mol. The van der Waals surface area contributed by atoms with Gasteiger partial charge in [-0.25, -0.2) is 4.98 Å². The number of imidazole rings is 1. The molecule has 0 bridgehead atoms. The lowest BCUT2D eigenvalue weighted by atomic mass is 10.1. The number of carbonyl (C=O) groups excluding carboxylic acids is 1. The Hall–Kier alpha value is -3.02. The number of aromatic nitrogens is 2. The van der Waals surface area contributed by atoms with E-state index in [0.29, 0.717) is 23.6 Å². The van der Waals surface area contributed by atoms with Gasteiger partial charge >= 0.3 is 0 Å². The van der Waals surface area contributed by atoms with Crippen molar-refractivity contribution in [1.29, 1.82) is 0 Å². The SMILES string of the molecule is CCc1nc2cc(C(=O)NCc3c(OC)cccc3OC)ccc2n1C. The van der Waals surface area contributed by atoms with Crippen molar-refractivity contribution in [2.45, 2.75) is 19.9 Å². The molecule has 1 heterocycles. The Labute approximate surface area is 152 Å². The lowest BCUT2D eigenvalue weighted by molar-refractivity contribution is 0.0950. The number of ether oxygens (including phenoxy) is 2. The fourth-order valence-electron chi connectivity index (χ4n) is 3.08. The highest BCUT2D eigenvalue weighted by Gasteiger charge is 2.14. The van der Waals surface area contributed by atoms with Crippen molar-refractivity contribution >= 4 is 16.9 Å². The lowest BCUT2D eigenvalue weighted by Gasteiger charge is -2.13. The first kappa shape index (κ1) is 17.8. The zero-order valence-electron chi connectivity index (χ0n) is 15.5. The quantitative estimate of drug-likeness (QED) is 0.740. The van der Waals surface area contributed by atoms with Crippen LogP contribution in [-0.4, -0.2) is 29.7 Å². The molecule has 136 valence electrons. The molecule has 0 aliphatic carbocycles. The summed E-state index contributed by atoms with van der Waals surface area (Å²) in [5, 5.41) is 2.93. The van der Waals surface area contributed by atoms with Gasteiger partial charge in [0.2, 0.25) is 0 Å². The molecule has 0 aliphatic heterocycles. The third-order valence-electron chi connectivity index (χ3n) is 4.51. The smallest absolute Gasteiger partial charge is 0.251 e. The van der Waals surface area contributed by atoms with E-state index < -0.39 is 0 Å². The maximum atomic E-state index is 12.6. The predicted molar refractivity (Wildman–Crippen MR) is 101 cm³/mol. The molecule has 0 saturated carbocycles. The Morgan fingerprint density at radius 2 is 1.85 bits per heavy atom. The average molecular weight is 353 g/mol. The molecule has 1 aromatic heterocycles. The highest BCUT2D eigenvalue weighted by molar-refractivity contribution is 5.97. The van der Waals surface area contributed by atoms with Gasteiger partial charge in [0.1, 0.15) is 17.3 Å². The number of amides is 1. The summed E-state index contributed by atoms with van der Waals surface area (Å²) >= 11 is 0. The van der Waals surface area contributed by atoms with Crippen LogP contribution >= 0.6 is 0 Å². The van der Waals surface area contributed by atoms with Crippen LogP contribution in [0.1, 0.15) is 28.7 Å². The average Bonchev–Trinajstić information content (AvgIpc) is 3.00. The number of nitrogens with zero attached hydrogens (tertiary/aromatic N) is 2. The second kappa shape index (κ2) is 7.47. The van der Waals surface area contributed by atoms with Crippen LogP contribution in [0.2, 0.25) is 0 Å². The van der Waals surface area contributed by atoms with Crippen molar-refractivity contribution in [3.63, 3.8) is 0 Å². The summed E-state index contributed by atoms with van der Waals surface area (Å²) in [5.74, 6) is 2.19. The van der Waals surface area contributed by atoms with E-state index in [1.807, 2.05) is 43.4 Å². The molecular weight excluding hydrogens is 330 g/mol. The maximum absolute atomic E-state index is 12.6. The molecule has 1 amide bonds. The minimum absolute atomic E-state index is 0.163.